The van der Waals surface area contributed by atoms with Crippen LogP contribution in [0.4, 0.5) is 5.69 Å². The van der Waals surface area contributed by atoms with Crippen molar-refractivity contribution in [3.63, 3.8) is 0 Å². The maximum absolute atomic E-state index is 12.6. The lowest BCUT2D eigenvalue weighted by molar-refractivity contribution is -0.133. The second-order valence-corrected chi connectivity index (χ2v) is 7.12. The van der Waals surface area contributed by atoms with E-state index >= 15 is 0 Å². The van der Waals surface area contributed by atoms with Crippen molar-refractivity contribution in [3.8, 4) is 6.07 Å². The van der Waals surface area contributed by atoms with E-state index in [1.807, 2.05) is 24.3 Å². The molecular formula is C17H21BrN4O. The molecule has 23 heavy (non-hydrogen) atoms. The monoisotopic (exact) mass is 376 g/mol. The molecule has 2 aliphatic heterocycles. The molecule has 1 aromatic carbocycles. The predicted molar refractivity (Wildman–Crippen MR) is 92.9 cm³/mol. The fourth-order valence-corrected chi connectivity index (χ4v) is 3.61. The minimum Gasteiger partial charge on any atom is -0.383 e. The lowest BCUT2D eigenvalue weighted by Crippen LogP contribution is -2.47. The van der Waals surface area contributed by atoms with Crippen molar-refractivity contribution in [1.29, 1.82) is 5.26 Å². The molecule has 0 unspecified atom stereocenters. The van der Waals surface area contributed by atoms with Gasteiger partial charge in [0.2, 0.25) is 5.91 Å². The number of nitrogens with zero attached hydrogens (tertiary/aromatic N) is 2. The number of amides is 1. The Morgan fingerprint density at radius 2 is 2.13 bits per heavy atom. The first-order valence-electron chi connectivity index (χ1n) is 8.13. The van der Waals surface area contributed by atoms with Crippen LogP contribution in [0.2, 0.25) is 0 Å². The van der Waals surface area contributed by atoms with Crippen molar-refractivity contribution in [2.24, 2.45) is 0 Å². The summed E-state index contributed by atoms with van der Waals surface area (Å²) in [4.78, 5) is 14.3. The summed E-state index contributed by atoms with van der Waals surface area (Å²) in [7, 11) is 0. The van der Waals surface area contributed by atoms with Gasteiger partial charge in [0.15, 0.2) is 0 Å². The lowest BCUT2D eigenvalue weighted by atomic mass is 10.1. The second kappa shape index (κ2) is 7.33. The number of halogens is 1. The standard InChI is InChI=1S/C17H21BrN4O/c18-12-3-5-13(6-4-12)20-11-14-7-8-16(21-14)17(23)22-9-1-2-15(22)10-19/h3-6,14-16,20-21H,1-2,7-9,11H2/t14-,15+,16+/m1/s1. The summed E-state index contributed by atoms with van der Waals surface area (Å²) in [6.07, 6.45) is 3.57. The Balaban J connectivity index is 1.49. The molecule has 1 aromatic rings. The van der Waals surface area contributed by atoms with Crippen molar-refractivity contribution in [1.82, 2.24) is 10.2 Å². The van der Waals surface area contributed by atoms with Crippen LogP contribution in [0.25, 0.3) is 0 Å². The third kappa shape index (κ3) is 3.85. The average Bonchev–Trinajstić information content (AvgIpc) is 3.23. The molecule has 122 valence electrons. The van der Waals surface area contributed by atoms with Gasteiger partial charge in [0.1, 0.15) is 6.04 Å². The number of nitriles is 1. The van der Waals surface area contributed by atoms with Crippen molar-refractivity contribution in [2.75, 3.05) is 18.4 Å². The first kappa shape index (κ1) is 16.3. The first-order valence-corrected chi connectivity index (χ1v) is 8.92. The molecule has 0 aromatic heterocycles. The Kier molecular flexibility index (Phi) is 5.19. The highest BCUT2D eigenvalue weighted by Crippen LogP contribution is 2.22. The van der Waals surface area contributed by atoms with E-state index in [9.17, 15) is 4.79 Å². The molecule has 1 amide bonds. The summed E-state index contributed by atoms with van der Waals surface area (Å²) in [6.45, 7) is 1.52. The summed E-state index contributed by atoms with van der Waals surface area (Å²) in [5, 5.41) is 16.0. The molecule has 0 aliphatic carbocycles. The van der Waals surface area contributed by atoms with Crippen LogP contribution < -0.4 is 10.6 Å². The number of likely N-dealkylation sites (tertiary alicyclic amines) is 1. The summed E-state index contributed by atoms with van der Waals surface area (Å²) in [5.74, 6) is 0.0974. The van der Waals surface area contributed by atoms with Crippen LogP contribution in [0.15, 0.2) is 28.7 Å². The predicted octanol–water partition coefficient (Wildman–Crippen LogP) is 2.50. The van der Waals surface area contributed by atoms with Crippen LogP contribution >= 0.6 is 15.9 Å². The number of benzene rings is 1. The molecule has 2 heterocycles. The molecule has 2 fully saturated rings. The number of nitrogens with one attached hydrogen (secondary N) is 2. The Bertz CT molecular complexity index is 598. The Morgan fingerprint density at radius 1 is 1.35 bits per heavy atom. The van der Waals surface area contributed by atoms with E-state index in [0.717, 1.165) is 48.9 Å². The van der Waals surface area contributed by atoms with Gasteiger partial charge in [-0.1, -0.05) is 15.9 Å². The molecule has 6 heteroatoms. The fourth-order valence-electron chi connectivity index (χ4n) is 3.35. The zero-order valence-corrected chi connectivity index (χ0v) is 14.6. The Morgan fingerprint density at radius 3 is 2.87 bits per heavy atom. The molecule has 3 rings (SSSR count). The zero-order chi connectivity index (χ0) is 16.2. The van der Waals surface area contributed by atoms with E-state index in [-0.39, 0.29) is 24.0 Å². The average molecular weight is 377 g/mol. The quantitative estimate of drug-likeness (QED) is 0.846. The minimum absolute atomic E-state index is 0.0974. The third-order valence-corrected chi connectivity index (χ3v) is 5.15. The summed E-state index contributed by atoms with van der Waals surface area (Å²) in [6, 6.07) is 10.2. The van der Waals surface area contributed by atoms with Crippen LogP contribution in [0.1, 0.15) is 25.7 Å². The Hall–Kier alpha value is -1.58. The normalized spacial score (nSPS) is 27.0. The van der Waals surface area contributed by atoms with E-state index in [4.69, 9.17) is 5.26 Å². The van der Waals surface area contributed by atoms with Crippen LogP contribution in [-0.4, -0.2) is 42.0 Å². The van der Waals surface area contributed by atoms with Gasteiger partial charge in [-0.25, -0.2) is 0 Å². The molecular weight excluding hydrogens is 356 g/mol. The molecule has 0 bridgehead atoms. The highest BCUT2D eigenvalue weighted by molar-refractivity contribution is 9.10. The highest BCUT2D eigenvalue weighted by Gasteiger charge is 2.36. The second-order valence-electron chi connectivity index (χ2n) is 6.20. The fraction of sp³-hybridized carbons (Fsp3) is 0.529. The number of carbonyl (C=O) groups is 1. The van der Waals surface area contributed by atoms with Gasteiger partial charge in [0, 0.05) is 29.3 Å². The smallest absolute Gasteiger partial charge is 0.240 e. The molecule has 0 radical (unpaired) electrons. The van der Waals surface area contributed by atoms with Gasteiger partial charge in [0.05, 0.1) is 12.1 Å². The van der Waals surface area contributed by atoms with Crippen molar-refractivity contribution in [2.45, 2.75) is 43.8 Å². The molecule has 2 N–H and O–H groups in total. The van der Waals surface area contributed by atoms with Gasteiger partial charge in [-0.2, -0.15) is 5.26 Å². The van der Waals surface area contributed by atoms with E-state index < -0.39 is 0 Å². The van der Waals surface area contributed by atoms with Crippen LogP contribution in [0, 0.1) is 11.3 Å². The zero-order valence-electron chi connectivity index (χ0n) is 13.0. The van der Waals surface area contributed by atoms with E-state index in [0.29, 0.717) is 0 Å². The lowest BCUT2D eigenvalue weighted by Gasteiger charge is -2.24. The summed E-state index contributed by atoms with van der Waals surface area (Å²) < 4.78 is 1.06. The molecule has 0 spiro atoms. The number of hydrogen-bond acceptors (Lipinski definition) is 4. The van der Waals surface area contributed by atoms with Gasteiger partial charge in [-0.3, -0.25) is 4.79 Å². The van der Waals surface area contributed by atoms with Gasteiger partial charge in [-0.15, -0.1) is 0 Å². The van der Waals surface area contributed by atoms with Gasteiger partial charge in [0.25, 0.3) is 0 Å². The minimum atomic E-state index is -0.232. The van der Waals surface area contributed by atoms with Crippen LogP contribution in [0.3, 0.4) is 0 Å². The summed E-state index contributed by atoms with van der Waals surface area (Å²) in [5.41, 5.74) is 1.08. The number of anilines is 1. The van der Waals surface area contributed by atoms with E-state index in [2.05, 4.69) is 32.6 Å². The SMILES string of the molecule is N#C[C@@H]1CCCN1C(=O)[C@@H]1CC[C@H](CNc2ccc(Br)cc2)N1. The molecule has 2 aliphatic rings. The van der Waals surface area contributed by atoms with Gasteiger partial charge < -0.3 is 15.5 Å². The first-order chi connectivity index (χ1) is 11.2. The van der Waals surface area contributed by atoms with Crippen LogP contribution in [-0.2, 0) is 4.79 Å². The van der Waals surface area contributed by atoms with Crippen molar-refractivity contribution >= 4 is 27.5 Å². The molecule has 0 saturated carbocycles. The number of rotatable bonds is 4. The molecule has 3 atom stereocenters. The number of hydrogen-bond donors (Lipinski definition) is 2. The topological polar surface area (TPSA) is 68.2 Å². The van der Waals surface area contributed by atoms with Gasteiger partial charge >= 0.3 is 0 Å². The third-order valence-electron chi connectivity index (χ3n) is 4.62. The molecule has 2 saturated heterocycles. The van der Waals surface area contributed by atoms with Crippen LogP contribution in [0.5, 0.6) is 0 Å². The van der Waals surface area contributed by atoms with E-state index in [1.165, 1.54) is 0 Å². The largest absolute Gasteiger partial charge is 0.383 e. The summed E-state index contributed by atoms with van der Waals surface area (Å²) >= 11 is 3.42. The number of carbonyl (C=O) groups excluding carboxylic acids is 1. The highest BCUT2D eigenvalue weighted by atomic mass is 79.9. The van der Waals surface area contributed by atoms with Gasteiger partial charge in [-0.05, 0) is 49.9 Å². The van der Waals surface area contributed by atoms with Crippen molar-refractivity contribution in [3.05, 3.63) is 28.7 Å². The maximum Gasteiger partial charge on any atom is 0.240 e. The Labute approximate surface area is 145 Å². The maximum atomic E-state index is 12.6. The van der Waals surface area contributed by atoms with E-state index in [1.54, 1.807) is 4.90 Å². The molecule has 5 nitrogen and oxygen atoms in total. The van der Waals surface area contributed by atoms with Crippen molar-refractivity contribution < 1.29 is 4.79 Å².